The van der Waals surface area contributed by atoms with E-state index in [4.69, 9.17) is 10.5 Å². The van der Waals surface area contributed by atoms with Crippen molar-refractivity contribution in [2.75, 3.05) is 29.5 Å². The zero-order chi connectivity index (χ0) is 14.1. The van der Waals surface area contributed by atoms with Crippen LogP contribution in [0.2, 0.25) is 0 Å². The molecule has 5 nitrogen and oxygen atoms in total. The highest BCUT2D eigenvalue weighted by atomic mass is 16.5. The van der Waals surface area contributed by atoms with Crippen molar-refractivity contribution in [3.63, 3.8) is 0 Å². The van der Waals surface area contributed by atoms with Gasteiger partial charge in [0, 0.05) is 12.6 Å². The van der Waals surface area contributed by atoms with Crippen molar-refractivity contribution < 1.29 is 9.53 Å². The van der Waals surface area contributed by atoms with Crippen LogP contribution in [0.15, 0.2) is 12.1 Å². The number of fused-ring (bicyclic) bond motifs is 1. The Labute approximate surface area is 118 Å². The van der Waals surface area contributed by atoms with Crippen molar-refractivity contribution in [3.8, 4) is 5.75 Å². The van der Waals surface area contributed by atoms with E-state index < -0.39 is 0 Å². The number of hydrogen-bond donors (Lipinski definition) is 3. The number of carbonyl (C=O) groups excluding carboxylic acids is 1. The number of nitrogens with two attached hydrogens (primary N) is 1. The third kappa shape index (κ3) is 2.53. The molecule has 1 saturated carbocycles. The molecule has 2 atom stereocenters. The number of nitrogens with one attached hydrogen (secondary N) is 2. The highest BCUT2D eigenvalue weighted by molar-refractivity contribution is 5.97. The quantitative estimate of drug-likeness (QED) is 0.741. The zero-order valence-electron chi connectivity index (χ0n) is 11.7. The van der Waals surface area contributed by atoms with Crippen LogP contribution in [0.3, 0.4) is 0 Å². The molecule has 108 valence electrons. The molecule has 1 fully saturated rings. The molecule has 4 N–H and O–H groups in total. The van der Waals surface area contributed by atoms with Gasteiger partial charge in [-0.05, 0) is 24.3 Å². The Balaban J connectivity index is 1.73. The van der Waals surface area contributed by atoms with E-state index in [9.17, 15) is 4.79 Å². The van der Waals surface area contributed by atoms with Gasteiger partial charge in [0.25, 0.3) is 5.91 Å². The Morgan fingerprint density at radius 3 is 3.05 bits per heavy atom. The Hall–Kier alpha value is -1.91. The zero-order valence-corrected chi connectivity index (χ0v) is 11.7. The lowest BCUT2D eigenvalue weighted by Gasteiger charge is -2.22. The Bertz CT molecular complexity index is 530. The molecule has 1 aromatic carbocycles. The van der Waals surface area contributed by atoms with Crippen LogP contribution in [-0.2, 0) is 4.79 Å². The lowest BCUT2D eigenvalue weighted by Crippen LogP contribution is -2.25. The molecule has 0 aromatic heterocycles. The molecule has 0 radical (unpaired) electrons. The van der Waals surface area contributed by atoms with Crippen molar-refractivity contribution in [1.82, 2.24) is 0 Å². The predicted octanol–water partition coefficient (Wildman–Crippen LogP) is 2.45. The molecule has 5 heteroatoms. The molecule has 20 heavy (non-hydrogen) atoms. The van der Waals surface area contributed by atoms with Gasteiger partial charge in [-0.2, -0.15) is 0 Å². The van der Waals surface area contributed by atoms with E-state index in [-0.39, 0.29) is 12.5 Å². The third-order valence-corrected chi connectivity index (χ3v) is 4.38. The van der Waals surface area contributed by atoms with Gasteiger partial charge in [0.1, 0.15) is 5.75 Å². The number of carbonyl (C=O) groups is 1. The molecule has 0 spiro atoms. The van der Waals surface area contributed by atoms with Crippen LogP contribution in [0.5, 0.6) is 5.75 Å². The first-order valence-corrected chi connectivity index (χ1v) is 7.23. The fourth-order valence-corrected chi connectivity index (χ4v) is 3.06. The van der Waals surface area contributed by atoms with Crippen LogP contribution in [0, 0.1) is 11.8 Å². The summed E-state index contributed by atoms with van der Waals surface area (Å²) >= 11 is 0. The van der Waals surface area contributed by atoms with E-state index >= 15 is 0 Å². The minimum absolute atomic E-state index is 0.0544. The molecule has 1 aliphatic carbocycles. The average molecular weight is 275 g/mol. The maximum atomic E-state index is 11.3. The van der Waals surface area contributed by atoms with Gasteiger partial charge in [-0.15, -0.1) is 0 Å². The number of rotatable bonds is 3. The van der Waals surface area contributed by atoms with E-state index in [0.717, 1.165) is 18.2 Å². The van der Waals surface area contributed by atoms with Gasteiger partial charge >= 0.3 is 0 Å². The summed E-state index contributed by atoms with van der Waals surface area (Å²) in [6, 6.07) is 3.64. The van der Waals surface area contributed by atoms with Crippen LogP contribution in [0.25, 0.3) is 0 Å². The maximum absolute atomic E-state index is 11.3. The number of benzene rings is 1. The summed E-state index contributed by atoms with van der Waals surface area (Å²) in [4.78, 5) is 11.3. The van der Waals surface area contributed by atoms with Gasteiger partial charge < -0.3 is 21.1 Å². The second-order valence-corrected chi connectivity index (χ2v) is 5.82. The molecule has 2 unspecified atom stereocenters. The van der Waals surface area contributed by atoms with E-state index in [1.54, 1.807) is 6.07 Å². The molecule has 2 aliphatic rings. The summed E-state index contributed by atoms with van der Waals surface area (Å²) in [5, 5.41) is 6.22. The molecular weight excluding hydrogens is 254 g/mol. The van der Waals surface area contributed by atoms with Crippen LogP contribution in [-0.4, -0.2) is 19.1 Å². The second kappa shape index (κ2) is 5.23. The molecule has 3 rings (SSSR count). The molecule has 0 bridgehead atoms. The number of amides is 1. The van der Waals surface area contributed by atoms with E-state index in [2.05, 4.69) is 17.6 Å². The molecule has 1 aromatic rings. The third-order valence-electron chi connectivity index (χ3n) is 4.38. The second-order valence-electron chi connectivity index (χ2n) is 5.82. The monoisotopic (exact) mass is 275 g/mol. The lowest BCUT2D eigenvalue weighted by atomic mass is 9.98. The predicted molar refractivity (Wildman–Crippen MR) is 80.0 cm³/mol. The summed E-state index contributed by atoms with van der Waals surface area (Å²) in [6.07, 6.45) is 3.91. The summed E-state index contributed by atoms with van der Waals surface area (Å²) in [5.74, 6) is 1.99. The highest BCUT2D eigenvalue weighted by Crippen LogP contribution is 2.36. The first kappa shape index (κ1) is 13.1. The fraction of sp³-hybridized carbons (Fsp3) is 0.533. The molecule has 0 saturated heterocycles. The van der Waals surface area contributed by atoms with Crippen molar-refractivity contribution in [2.24, 2.45) is 11.8 Å². The van der Waals surface area contributed by atoms with Gasteiger partial charge in [-0.1, -0.05) is 19.8 Å². The number of nitrogen functional groups attached to an aromatic ring is 1. The molecule has 1 amide bonds. The standard InChI is InChI=1S/C15H21N3O2/c1-9-3-2-4-10(9)7-17-12-6-13-14(5-11(12)16)20-8-15(19)18-13/h5-6,9-10,17H,2-4,7-8,16H2,1H3,(H,18,19). The van der Waals surface area contributed by atoms with Gasteiger partial charge in [0.15, 0.2) is 6.61 Å². The topological polar surface area (TPSA) is 76.4 Å². The SMILES string of the molecule is CC1CCCC1CNc1cc2c(cc1N)OCC(=O)N2. The molecule has 1 aliphatic heterocycles. The van der Waals surface area contributed by atoms with Crippen molar-refractivity contribution in [3.05, 3.63) is 12.1 Å². The van der Waals surface area contributed by atoms with Crippen molar-refractivity contribution in [2.45, 2.75) is 26.2 Å². The smallest absolute Gasteiger partial charge is 0.262 e. The Morgan fingerprint density at radius 1 is 1.45 bits per heavy atom. The average Bonchev–Trinajstić information content (AvgIpc) is 2.82. The van der Waals surface area contributed by atoms with Crippen LogP contribution in [0.4, 0.5) is 17.1 Å². The summed E-state index contributed by atoms with van der Waals surface area (Å²) in [7, 11) is 0. The molecule has 1 heterocycles. The van der Waals surface area contributed by atoms with Crippen molar-refractivity contribution in [1.29, 1.82) is 0 Å². The van der Waals surface area contributed by atoms with E-state index in [1.807, 2.05) is 6.07 Å². The summed E-state index contributed by atoms with van der Waals surface area (Å²) in [5.41, 5.74) is 8.26. The number of ether oxygens (including phenoxy) is 1. The summed E-state index contributed by atoms with van der Waals surface area (Å²) in [6.45, 7) is 3.29. The van der Waals surface area contributed by atoms with Gasteiger partial charge in [0.2, 0.25) is 0 Å². The first-order valence-electron chi connectivity index (χ1n) is 7.23. The Kier molecular flexibility index (Phi) is 3.42. The van der Waals surface area contributed by atoms with Crippen LogP contribution >= 0.6 is 0 Å². The van der Waals surface area contributed by atoms with Gasteiger partial charge in [-0.3, -0.25) is 4.79 Å². The van der Waals surface area contributed by atoms with Gasteiger partial charge in [-0.25, -0.2) is 0 Å². The highest BCUT2D eigenvalue weighted by Gasteiger charge is 2.23. The maximum Gasteiger partial charge on any atom is 0.262 e. The minimum Gasteiger partial charge on any atom is -0.482 e. The van der Waals surface area contributed by atoms with Gasteiger partial charge in [0.05, 0.1) is 17.1 Å². The molecular formula is C15H21N3O2. The van der Waals surface area contributed by atoms with Crippen LogP contribution < -0.4 is 21.1 Å². The summed E-state index contributed by atoms with van der Waals surface area (Å²) < 4.78 is 5.35. The number of hydrogen-bond acceptors (Lipinski definition) is 4. The minimum atomic E-state index is -0.127. The Morgan fingerprint density at radius 2 is 2.30 bits per heavy atom. The number of anilines is 3. The fourth-order valence-electron chi connectivity index (χ4n) is 3.06. The largest absolute Gasteiger partial charge is 0.482 e. The van der Waals surface area contributed by atoms with E-state index in [1.165, 1.54) is 19.3 Å². The van der Waals surface area contributed by atoms with E-state index in [0.29, 0.717) is 23.0 Å². The van der Waals surface area contributed by atoms with Crippen LogP contribution in [0.1, 0.15) is 26.2 Å². The first-order chi connectivity index (χ1) is 9.63. The van der Waals surface area contributed by atoms with Crippen molar-refractivity contribution >= 4 is 23.0 Å². The lowest BCUT2D eigenvalue weighted by molar-refractivity contribution is -0.118. The normalized spacial score (nSPS) is 24.8.